The van der Waals surface area contributed by atoms with Gasteiger partial charge < -0.3 is 0 Å². The smallest absolute Gasteiger partial charge is 0.269 e. The third-order valence-electron chi connectivity index (χ3n) is 3.74. The van der Waals surface area contributed by atoms with Crippen molar-refractivity contribution < 1.29 is 9.72 Å². The number of non-ortho nitro benzene ring substituents is 1. The van der Waals surface area contributed by atoms with Crippen LogP contribution in [0.3, 0.4) is 0 Å². The van der Waals surface area contributed by atoms with E-state index in [4.69, 9.17) is 11.6 Å². The third-order valence-corrected chi connectivity index (χ3v) is 4.17. The molecule has 22 heavy (non-hydrogen) atoms. The molecule has 0 saturated heterocycles. The molecule has 0 bridgehead atoms. The van der Waals surface area contributed by atoms with E-state index >= 15 is 0 Å². The van der Waals surface area contributed by atoms with Crippen molar-refractivity contribution in [3.63, 3.8) is 0 Å². The molecule has 0 atom stereocenters. The van der Waals surface area contributed by atoms with Gasteiger partial charge in [0.25, 0.3) is 5.69 Å². The molecule has 0 unspecified atom stereocenters. The Hall–Kier alpha value is -2.47. The maximum Gasteiger partial charge on any atom is 0.269 e. The Morgan fingerprint density at radius 2 is 2.00 bits per heavy atom. The molecule has 1 aliphatic rings. The molecule has 2 aromatic rings. The Kier molecular flexibility index (Phi) is 3.54. The van der Waals surface area contributed by atoms with Gasteiger partial charge in [-0.2, -0.15) is 5.10 Å². The number of hydrogen-bond donors (Lipinski definition) is 0. The first-order valence-electron chi connectivity index (χ1n) is 6.70. The Balaban J connectivity index is 2.11. The lowest BCUT2D eigenvalue weighted by Crippen LogP contribution is -2.08. The molecule has 112 valence electrons. The number of nitro groups is 1. The highest BCUT2D eigenvalue weighted by Crippen LogP contribution is 2.36. The van der Waals surface area contributed by atoms with E-state index in [1.807, 2.05) is 6.92 Å². The van der Waals surface area contributed by atoms with Crippen LogP contribution in [0.5, 0.6) is 0 Å². The second-order valence-electron chi connectivity index (χ2n) is 5.05. The standard InChI is InChI=1S/C15H12ClN3O3/c1-9-14-13(7-2-10(8-20)15(14)16)18(17-9)11-3-5-12(6-4-11)19(21)22/h3-6,8H,2,7H2,1H3. The molecule has 1 heterocycles. The molecule has 0 N–H and O–H groups in total. The minimum absolute atomic E-state index is 0.0302. The molecular formula is C15H12ClN3O3. The highest BCUT2D eigenvalue weighted by Gasteiger charge is 2.25. The average Bonchev–Trinajstić information content (AvgIpc) is 2.85. The van der Waals surface area contributed by atoms with E-state index in [0.29, 0.717) is 23.4 Å². The van der Waals surface area contributed by atoms with E-state index in [9.17, 15) is 14.9 Å². The summed E-state index contributed by atoms with van der Waals surface area (Å²) in [5.41, 5.74) is 3.78. The molecule has 0 saturated carbocycles. The first-order chi connectivity index (χ1) is 10.5. The van der Waals surface area contributed by atoms with Gasteiger partial charge in [0.2, 0.25) is 0 Å². The van der Waals surface area contributed by atoms with Crippen LogP contribution in [0.4, 0.5) is 5.69 Å². The zero-order valence-corrected chi connectivity index (χ0v) is 12.5. The van der Waals surface area contributed by atoms with Crippen molar-refractivity contribution in [2.75, 3.05) is 0 Å². The number of rotatable bonds is 3. The van der Waals surface area contributed by atoms with Crippen molar-refractivity contribution in [2.45, 2.75) is 19.8 Å². The molecule has 0 amide bonds. The number of carbonyl (C=O) groups excluding carboxylic acids is 1. The summed E-state index contributed by atoms with van der Waals surface area (Å²) >= 11 is 6.29. The molecule has 7 heteroatoms. The number of aryl methyl sites for hydroxylation is 1. The molecule has 1 aromatic heterocycles. The third kappa shape index (κ3) is 2.21. The monoisotopic (exact) mass is 317 g/mol. The minimum Gasteiger partial charge on any atom is -0.298 e. The number of halogens is 1. The summed E-state index contributed by atoms with van der Waals surface area (Å²) in [7, 11) is 0. The predicted octanol–water partition coefficient (Wildman–Crippen LogP) is 3.18. The number of aldehydes is 1. The number of nitrogens with zero attached hydrogens (tertiary/aromatic N) is 3. The van der Waals surface area contributed by atoms with Gasteiger partial charge in [0.15, 0.2) is 0 Å². The van der Waals surface area contributed by atoms with Crippen molar-refractivity contribution in [3.8, 4) is 5.69 Å². The van der Waals surface area contributed by atoms with Crippen LogP contribution in [0.15, 0.2) is 29.8 Å². The lowest BCUT2D eigenvalue weighted by molar-refractivity contribution is -0.384. The van der Waals surface area contributed by atoms with Crippen LogP contribution in [0.25, 0.3) is 10.7 Å². The Labute approximate surface area is 131 Å². The van der Waals surface area contributed by atoms with Gasteiger partial charge >= 0.3 is 0 Å². The van der Waals surface area contributed by atoms with Gasteiger partial charge in [0.05, 0.1) is 27.0 Å². The number of allylic oxidation sites excluding steroid dienone is 1. The molecular weight excluding hydrogens is 306 g/mol. The summed E-state index contributed by atoms with van der Waals surface area (Å²) in [6.45, 7) is 1.83. The lowest BCUT2D eigenvalue weighted by Gasteiger charge is -2.15. The summed E-state index contributed by atoms with van der Waals surface area (Å²) in [5, 5.41) is 15.6. The summed E-state index contributed by atoms with van der Waals surface area (Å²) < 4.78 is 1.73. The normalized spacial score (nSPS) is 13.9. The van der Waals surface area contributed by atoms with E-state index < -0.39 is 4.92 Å². The predicted molar refractivity (Wildman–Crippen MR) is 82.1 cm³/mol. The first-order valence-corrected chi connectivity index (χ1v) is 7.08. The van der Waals surface area contributed by atoms with Crippen molar-refractivity contribution in [2.24, 2.45) is 0 Å². The van der Waals surface area contributed by atoms with Crippen LogP contribution >= 0.6 is 11.6 Å². The van der Waals surface area contributed by atoms with Gasteiger partial charge in [-0.1, -0.05) is 11.6 Å². The van der Waals surface area contributed by atoms with Crippen molar-refractivity contribution in [1.82, 2.24) is 9.78 Å². The quantitative estimate of drug-likeness (QED) is 0.495. The molecule has 6 nitrogen and oxygen atoms in total. The Bertz CT molecular complexity index is 806. The largest absolute Gasteiger partial charge is 0.298 e. The summed E-state index contributed by atoms with van der Waals surface area (Å²) in [6, 6.07) is 6.18. The maximum absolute atomic E-state index is 11.0. The van der Waals surface area contributed by atoms with Gasteiger partial charge in [-0.05, 0) is 31.9 Å². The number of nitro benzene ring substituents is 1. The first kappa shape index (κ1) is 14.5. The molecule has 3 rings (SSSR count). The zero-order chi connectivity index (χ0) is 15.9. The van der Waals surface area contributed by atoms with E-state index in [0.717, 1.165) is 28.9 Å². The van der Waals surface area contributed by atoms with Crippen molar-refractivity contribution in [1.29, 1.82) is 0 Å². The van der Waals surface area contributed by atoms with Crippen LogP contribution in [0.2, 0.25) is 0 Å². The van der Waals surface area contributed by atoms with Gasteiger partial charge in [-0.25, -0.2) is 4.68 Å². The molecule has 0 radical (unpaired) electrons. The fourth-order valence-corrected chi connectivity index (χ4v) is 3.04. The topological polar surface area (TPSA) is 78.0 Å². The Morgan fingerprint density at radius 1 is 1.32 bits per heavy atom. The highest BCUT2D eigenvalue weighted by atomic mass is 35.5. The second kappa shape index (κ2) is 5.38. The summed E-state index contributed by atoms with van der Waals surface area (Å²) in [6.07, 6.45) is 2.00. The average molecular weight is 318 g/mol. The van der Waals surface area contributed by atoms with Gasteiger partial charge in [-0.3, -0.25) is 14.9 Å². The number of hydrogen-bond acceptors (Lipinski definition) is 4. The molecule has 1 aromatic carbocycles. The van der Waals surface area contributed by atoms with E-state index in [1.165, 1.54) is 12.1 Å². The van der Waals surface area contributed by atoms with Gasteiger partial charge in [-0.15, -0.1) is 0 Å². The SMILES string of the molecule is Cc1nn(-c2ccc([N+](=O)[O-])cc2)c2c1C(Cl)=C(C=O)CC2. The van der Waals surface area contributed by atoms with Crippen LogP contribution in [0, 0.1) is 17.0 Å². The molecule has 0 aliphatic heterocycles. The number of fused-ring (bicyclic) bond motifs is 1. The van der Waals surface area contributed by atoms with E-state index in [1.54, 1.807) is 16.8 Å². The second-order valence-corrected chi connectivity index (χ2v) is 5.43. The minimum atomic E-state index is -0.441. The number of carbonyl (C=O) groups is 1. The summed E-state index contributed by atoms with van der Waals surface area (Å²) in [5.74, 6) is 0. The zero-order valence-electron chi connectivity index (χ0n) is 11.7. The van der Waals surface area contributed by atoms with Gasteiger partial charge in [0, 0.05) is 23.3 Å². The Morgan fingerprint density at radius 3 is 2.59 bits per heavy atom. The van der Waals surface area contributed by atoms with Crippen LogP contribution in [-0.4, -0.2) is 21.0 Å². The van der Waals surface area contributed by atoms with Crippen LogP contribution < -0.4 is 0 Å². The molecule has 1 aliphatic carbocycles. The van der Waals surface area contributed by atoms with Crippen LogP contribution in [-0.2, 0) is 11.2 Å². The molecule has 0 fully saturated rings. The fraction of sp³-hybridized carbons (Fsp3) is 0.200. The van der Waals surface area contributed by atoms with Crippen molar-refractivity contribution >= 4 is 28.6 Å². The fourth-order valence-electron chi connectivity index (χ4n) is 2.65. The van der Waals surface area contributed by atoms with Crippen molar-refractivity contribution in [3.05, 3.63) is 56.9 Å². The molecule has 0 spiro atoms. The maximum atomic E-state index is 11.0. The van der Waals surface area contributed by atoms with E-state index in [2.05, 4.69) is 5.10 Å². The summed E-state index contributed by atoms with van der Waals surface area (Å²) in [4.78, 5) is 21.3. The van der Waals surface area contributed by atoms with E-state index in [-0.39, 0.29) is 5.69 Å². The lowest BCUT2D eigenvalue weighted by atomic mass is 9.96. The highest BCUT2D eigenvalue weighted by molar-refractivity contribution is 6.51. The van der Waals surface area contributed by atoms with Crippen LogP contribution in [0.1, 0.15) is 23.4 Å². The number of aromatic nitrogens is 2. The number of benzene rings is 1. The van der Waals surface area contributed by atoms with Gasteiger partial charge in [0.1, 0.15) is 6.29 Å².